The zero-order valence-corrected chi connectivity index (χ0v) is 17.2. The van der Waals surface area contributed by atoms with Gasteiger partial charge in [0.2, 0.25) is 0 Å². The van der Waals surface area contributed by atoms with Crippen molar-refractivity contribution in [1.82, 2.24) is 0 Å². The number of allylic oxidation sites excluding steroid dienone is 2. The lowest BCUT2D eigenvalue weighted by atomic mass is 9.89. The van der Waals surface area contributed by atoms with Gasteiger partial charge in [0.05, 0.1) is 18.3 Å². The fourth-order valence-corrected chi connectivity index (χ4v) is 4.67. The third-order valence-corrected chi connectivity index (χ3v) is 6.53. The molecular formula is C22H32O5S. The summed E-state index contributed by atoms with van der Waals surface area (Å²) in [7, 11) is 0. The Labute approximate surface area is 171 Å². The molecule has 1 saturated carbocycles. The Morgan fingerprint density at radius 1 is 1.32 bits per heavy atom. The molecule has 4 N–H and O–H groups in total. The molecule has 0 amide bonds. The van der Waals surface area contributed by atoms with Crippen molar-refractivity contribution in [3.8, 4) is 0 Å². The van der Waals surface area contributed by atoms with Gasteiger partial charge in [-0.3, -0.25) is 4.79 Å². The van der Waals surface area contributed by atoms with Crippen LogP contribution in [-0.4, -0.2) is 44.7 Å². The summed E-state index contributed by atoms with van der Waals surface area (Å²) in [6.45, 7) is 2.07. The Morgan fingerprint density at radius 2 is 2.11 bits per heavy atom. The van der Waals surface area contributed by atoms with Crippen LogP contribution in [0.5, 0.6) is 0 Å². The van der Waals surface area contributed by atoms with Crippen molar-refractivity contribution in [3.63, 3.8) is 0 Å². The van der Waals surface area contributed by atoms with Gasteiger partial charge in [0.1, 0.15) is 0 Å². The molecule has 28 heavy (non-hydrogen) atoms. The number of rotatable bonds is 11. The lowest BCUT2D eigenvalue weighted by molar-refractivity contribution is -0.137. The second-order valence-electron chi connectivity index (χ2n) is 7.62. The number of thiophene rings is 1. The summed E-state index contributed by atoms with van der Waals surface area (Å²) >= 11 is 1.70. The third-order valence-electron chi connectivity index (χ3n) is 5.44. The summed E-state index contributed by atoms with van der Waals surface area (Å²) < 4.78 is 0. The van der Waals surface area contributed by atoms with Crippen molar-refractivity contribution in [2.45, 2.75) is 70.2 Å². The van der Waals surface area contributed by atoms with Crippen LogP contribution in [0.1, 0.15) is 49.0 Å². The van der Waals surface area contributed by atoms with E-state index in [1.54, 1.807) is 17.4 Å². The normalized spacial score (nSPS) is 26.4. The van der Waals surface area contributed by atoms with Crippen LogP contribution in [0.25, 0.3) is 0 Å². The van der Waals surface area contributed by atoms with E-state index in [1.165, 1.54) is 10.4 Å². The molecule has 6 heteroatoms. The van der Waals surface area contributed by atoms with Crippen LogP contribution in [-0.2, 0) is 11.2 Å². The number of aryl methyl sites for hydroxylation is 2. The summed E-state index contributed by atoms with van der Waals surface area (Å²) in [6.07, 6.45) is 9.65. The smallest absolute Gasteiger partial charge is 0.303 e. The molecule has 5 atom stereocenters. The van der Waals surface area contributed by atoms with E-state index < -0.39 is 24.3 Å². The average molecular weight is 409 g/mol. The number of carboxylic acid groups (broad SMARTS) is 1. The molecule has 0 saturated heterocycles. The standard InChI is InChI=1S/C22H32O5S/c1-15-12-13-28-21(15)11-9-16(23)8-10-18-17(19(24)14-20(18)25)6-4-2-3-5-7-22(26)27/h2,4,8,10,12-13,16-20,23-25H,3,5-7,9,11,14H2,1H3,(H,26,27)/t16?,17-,18-,19?,20?/m1/s1. The molecule has 3 unspecified atom stereocenters. The maximum absolute atomic E-state index is 10.5. The number of carboxylic acids is 1. The van der Waals surface area contributed by atoms with E-state index in [0.29, 0.717) is 32.1 Å². The van der Waals surface area contributed by atoms with E-state index in [-0.39, 0.29) is 18.3 Å². The van der Waals surface area contributed by atoms with E-state index >= 15 is 0 Å². The van der Waals surface area contributed by atoms with Gasteiger partial charge in [-0.2, -0.15) is 0 Å². The quantitative estimate of drug-likeness (QED) is 0.332. The van der Waals surface area contributed by atoms with Crippen molar-refractivity contribution in [2.75, 3.05) is 0 Å². The highest BCUT2D eigenvalue weighted by molar-refractivity contribution is 7.10. The van der Waals surface area contributed by atoms with Gasteiger partial charge in [-0.05, 0) is 62.0 Å². The molecule has 1 aromatic rings. The number of aliphatic hydroxyl groups excluding tert-OH is 3. The molecule has 1 fully saturated rings. The van der Waals surface area contributed by atoms with Crippen molar-refractivity contribution in [3.05, 3.63) is 46.2 Å². The zero-order chi connectivity index (χ0) is 20.5. The molecule has 1 heterocycles. The van der Waals surface area contributed by atoms with Gasteiger partial charge < -0.3 is 20.4 Å². The minimum absolute atomic E-state index is 0.0892. The van der Waals surface area contributed by atoms with Gasteiger partial charge in [-0.15, -0.1) is 11.3 Å². The van der Waals surface area contributed by atoms with Crippen LogP contribution in [0.15, 0.2) is 35.8 Å². The Kier molecular flexibility index (Phi) is 9.38. The molecule has 156 valence electrons. The van der Waals surface area contributed by atoms with Crippen LogP contribution in [0.4, 0.5) is 0 Å². The fourth-order valence-electron chi connectivity index (χ4n) is 3.74. The maximum atomic E-state index is 10.5. The molecule has 0 aromatic carbocycles. The number of aliphatic carboxylic acids is 1. The third kappa shape index (κ3) is 7.17. The lowest BCUT2D eigenvalue weighted by Crippen LogP contribution is -2.20. The van der Waals surface area contributed by atoms with Crippen LogP contribution in [0.2, 0.25) is 0 Å². The summed E-state index contributed by atoms with van der Waals surface area (Å²) in [5, 5.41) is 41.5. The van der Waals surface area contributed by atoms with Crippen LogP contribution in [0, 0.1) is 18.8 Å². The summed E-state index contributed by atoms with van der Waals surface area (Å²) in [5.41, 5.74) is 1.26. The van der Waals surface area contributed by atoms with Gasteiger partial charge >= 0.3 is 5.97 Å². The van der Waals surface area contributed by atoms with Gasteiger partial charge in [0.25, 0.3) is 0 Å². The fraction of sp³-hybridized carbons (Fsp3) is 0.591. The van der Waals surface area contributed by atoms with Crippen LogP contribution in [0.3, 0.4) is 0 Å². The van der Waals surface area contributed by atoms with Crippen LogP contribution < -0.4 is 0 Å². The first-order chi connectivity index (χ1) is 13.4. The largest absolute Gasteiger partial charge is 0.481 e. The molecule has 1 aromatic heterocycles. The first-order valence-electron chi connectivity index (χ1n) is 10.0. The first-order valence-corrected chi connectivity index (χ1v) is 10.9. The SMILES string of the molecule is Cc1ccsc1CCC(O)C=C[C@H]1C(O)CC(O)[C@@H]1CC=CCCCC(=O)O. The molecule has 0 aliphatic heterocycles. The van der Waals surface area contributed by atoms with Crippen LogP contribution >= 0.6 is 11.3 Å². The highest BCUT2D eigenvalue weighted by Gasteiger charge is 2.39. The summed E-state index contributed by atoms with van der Waals surface area (Å²) in [6, 6.07) is 2.08. The molecule has 5 nitrogen and oxygen atoms in total. The Hall–Kier alpha value is -1.47. The first kappa shape index (κ1) is 22.8. The lowest BCUT2D eigenvalue weighted by Gasteiger charge is -2.19. The monoisotopic (exact) mass is 408 g/mol. The number of aliphatic hydroxyl groups is 3. The number of hydrogen-bond acceptors (Lipinski definition) is 5. The van der Waals surface area contributed by atoms with Gasteiger partial charge in [-0.25, -0.2) is 0 Å². The second-order valence-corrected chi connectivity index (χ2v) is 8.62. The summed E-state index contributed by atoms with van der Waals surface area (Å²) in [5.74, 6) is -1.06. The molecular weight excluding hydrogens is 376 g/mol. The van der Waals surface area contributed by atoms with Gasteiger partial charge in [0.15, 0.2) is 0 Å². The molecule has 0 radical (unpaired) electrons. The van der Waals surface area contributed by atoms with Crippen molar-refractivity contribution in [2.24, 2.45) is 11.8 Å². The Bertz CT molecular complexity index is 666. The van der Waals surface area contributed by atoms with E-state index in [2.05, 4.69) is 18.4 Å². The van der Waals surface area contributed by atoms with E-state index in [0.717, 1.165) is 6.42 Å². The summed E-state index contributed by atoms with van der Waals surface area (Å²) in [4.78, 5) is 11.8. The van der Waals surface area contributed by atoms with Gasteiger partial charge in [0, 0.05) is 23.6 Å². The highest BCUT2D eigenvalue weighted by atomic mass is 32.1. The Balaban J connectivity index is 1.82. The van der Waals surface area contributed by atoms with Gasteiger partial charge in [-0.1, -0.05) is 24.3 Å². The van der Waals surface area contributed by atoms with Crippen molar-refractivity contribution >= 4 is 17.3 Å². The van der Waals surface area contributed by atoms with Crippen molar-refractivity contribution in [1.29, 1.82) is 0 Å². The van der Waals surface area contributed by atoms with E-state index in [1.807, 2.05) is 18.2 Å². The Morgan fingerprint density at radius 3 is 2.79 bits per heavy atom. The number of hydrogen-bond donors (Lipinski definition) is 4. The topological polar surface area (TPSA) is 98.0 Å². The van der Waals surface area contributed by atoms with E-state index in [9.17, 15) is 20.1 Å². The highest BCUT2D eigenvalue weighted by Crippen LogP contribution is 2.36. The zero-order valence-electron chi connectivity index (χ0n) is 16.4. The predicted octanol–water partition coefficient (Wildman–Crippen LogP) is 3.47. The minimum Gasteiger partial charge on any atom is -0.481 e. The minimum atomic E-state index is -0.791. The number of unbranched alkanes of at least 4 members (excludes halogenated alkanes) is 1. The average Bonchev–Trinajstić information content (AvgIpc) is 3.16. The molecule has 0 spiro atoms. The molecule has 1 aliphatic carbocycles. The molecule has 1 aliphatic rings. The van der Waals surface area contributed by atoms with E-state index in [4.69, 9.17) is 5.11 Å². The maximum Gasteiger partial charge on any atom is 0.303 e. The second kappa shape index (κ2) is 11.5. The van der Waals surface area contributed by atoms with Crippen molar-refractivity contribution < 1.29 is 25.2 Å². The number of carbonyl (C=O) groups is 1. The molecule has 2 rings (SSSR count). The predicted molar refractivity (Wildman–Crippen MR) is 111 cm³/mol. The molecule has 0 bridgehead atoms.